The van der Waals surface area contributed by atoms with Crippen LogP contribution in [0.3, 0.4) is 0 Å². The van der Waals surface area contributed by atoms with Crippen LogP contribution >= 0.6 is 0 Å². The Labute approximate surface area is 109 Å². The Morgan fingerprint density at radius 1 is 1.53 bits per heavy atom. The number of hydrazone groups is 1. The Morgan fingerprint density at radius 3 is 2.89 bits per heavy atom. The van der Waals surface area contributed by atoms with Crippen molar-refractivity contribution in [2.24, 2.45) is 5.10 Å². The average molecular weight is 261 g/mol. The molecule has 0 atom stereocenters. The average Bonchev–Trinajstić information content (AvgIpc) is 2.80. The zero-order valence-electron chi connectivity index (χ0n) is 10.2. The molecule has 0 unspecified atom stereocenters. The van der Waals surface area contributed by atoms with Crippen molar-refractivity contribution >= 4 is 12.1 Å². The van der Waals surface area contributed by atoms with Gasteiger partial charge in [-0.05, 0) is 19.1 Å². The quantitative estimate of drug-likeness (QED) is 0.664. The summed E-state index contributed by atoms with van der Waals surface area (Å²) in [5.41, 5.74) is 2.95. The molecule has 6 nitrogen and oxygen atoms in total. The Bertz CT molecular complexity index is 593. The van der Waals surface area contributed by atoms with Gasteiger partial charge in [-0.15, -0.1) is 0 Å². The largest absolute Gasteiger partial charge is 0.271 e. The fourth-order valence-corrected chi connectivity index (χ4v) is 1.42. The molecule has 0 spiro atoms. The van der Waals surface area contributed by atoms with Gasteiger partial charge in [0.05, 0.1) is 18.0 Å². The maximum atomic E-state index is 13.6. The highest BCUT2D eigenvalue weighted by Gasteiger charge is 2.07. The lowest BCUT2D eigenvalue weighted by atomic mass is 10.3. The molecule has 0 bridgehead atoms. The molecule has 1 N–H and O–H groups in total. The second-order valence-corrected chi connectivity index (χ2v) is 3.64. The highest BCUT2D eigenvalue weighted by Crippen LogP contribution is 2.03. The number of pyridine rings is 1. The molecule has 0 aromatic carbocycles. The number of carbonyl (C=O) groups is 1. The van der Waals surface area contributed by atoms with E-state index in [1.165, 1.54) is 29.5 Å². The second kappa shape index (κ2) is 5.85. The molecule has 0 saturated heterocycles. The summed E-state index contributed by atoms with van der Waals surface area (Å²) in [7, 11) is 0. The lowest BCUT2D eigenvalue weighted by Crippen LogP contribution is -2.17. The van der Waals surface area contributed by atoms with Gasteiger partial charge in [-0.1, -0.05) is 0 Å². The number of nitrogens with zero attached hydrogens (tertiary/aromatic N) is 4. The van der Waals surface area contributed by atoms with Gasteiger partial charge >= 0.3 is 0 Å². The van der Waals surface area contributed by atoms with Crippen molar-refractivity contribution in [3.63, 3.8) is 0 Å². The zero-order chi connectivity index (χ0) is 13.7. The van der Waals surface area contributed by atoms with Gasteiger partial charge in [0.1, 0.15) is 0 Å². The number of carbonyl (C=O) groups excluding carboxylic acids is 1. The van der Waals surface area contributed by atoms with Gasteiger partial charge in [0.25, 0.3) is 5.91 Å². The molecule has 98 valence electrons. The molecule has 2 rings (SSSR count). The molecule has 0 radical (unpaired) electrons. The van der Waals surface area contributed by atoms with Crippen LogP contribution < -0.4 is 5.43 Å². The fourth-order valence-electron chi connectivity index (χ4n) is 1.42. The van der Waals surface area contributed by atoms with Crippen LogP contribution in [0.4, 0.5) is 4.39 Å². The van der Waals surface area contributed by atoms with Crippen molar-refractivity contribution in [1.82, 2.24) is 20.2 Å². The van der Waals surface area contributed by atoms with E-state index in [0.29, 0.717) is 12.1 Å². The van der Waals surface area contributed by atoms with Crippen molar-refractivity contribution in [1.29, 1.82) is 0 Å². The van der Waals surface area contributed by atoms with Crippen molar-refractivity contribution in [2.45, 2.75) is 13.5 Å². The Morgan fingerprint density at radius 2 is 2.26 bits per heavy atom. The van der Waals surface area contributed by atoms with Crippen LogP contribution in [-0.4, -0.2) is 26.9 Å². The molecule has 0 aliphatic rings. The first-order valence-electron chi connectivity index (χ1n) is 5.67. The van der Waals surface area contributed by atoms with Gasteiger partial charge < -0.3 is 0 Å². The maximum Gasteiger partial charge on any atom is 0.271 e. The molecule has 0 fully saturated rings. The van der Waals surface area contributed by atoms with Gasteiger partial charge in [-0.2, -0.15) is 14.6 Å². The maximum absolute atomic E-state index is 13.6. The first-order chi connectivity index (χ1) is 9.22. The van der Waals surface area contributed by atoms with Gasteiger partial charge in [-0.3, -0.25) is 9.78 Å². The first-order valence-corrected chi connectivity index (χ1v) is 5.67. The van der Waals surface area contributed by atoms with E-state index in [1.807, 2.05) is 0 Å². The summed E-state index contributed by atoms with van der Waals surface area (Å²) < 4.78 is 14.8. The summed E-state index contributed by atoms with van der Waals surface area (Å²) in [5, 5.41) is 7.51. The van der Waals surface area contributed by atoms with E-state index >= 15 is 0 Å². The van der Waals surface area contributed by atoms with Crippen molar-refractivity contribution < 1.29 is 9.18 Å². The molecule has 19 heavy (non-hydrogen) atoms. The van der Waals surface area contributed by atoms with Crippen LogP contribution in [0, 0.1) is 5.95 Å². The summed E-state index contributed by atoms with van der Waals surface area (Å²) in [5.74, 6) is -0.869. The van der Waals surface area contributed by atoms with E-state index in [9.17, 15) is 9.18 Å². The smallest absolute Gasteiger partial charge is 0.267 e. The standard InChI is InChI=1S/C12H12FN5O/c1-2-18-11(13)10(8-16-18)7-15-17-12(19)9-3-5-14-6-4-9/h3-8H,2H2,1H3,(H,17,19)/b15-7+. The minimum Gasteiger partial charge on any atom is -0.267 e. The van der Waals surface area contributed by atoms with Gasteiger partial charge in [0.15, 0.2) is 0 Å². The SMILES string of the molecule is CCn1ncc(/C=N/NC(=O)c2ccncc2)c1F. The van der Waals surface area contributed by atoms with Crippen LogP contribution in [0.15, 0.2) is 35.8 Å². The number of aromatic nitrogens is 3. The fraction of sp³-hybridized carbons (Fsp3) is 0.167. The molecule has 0 aliphatic heterocycles. The van der Waals surface area contributed by atoms with E-state index in [-0.39, 0.29) is 11.5 Å². The second-order valence-electron chi connectivity index (χ2n) is 3.64. The Hall–Kier alpha value is -2.57. The number of aryl methyl sites for hydroxylation is 1. The molecule has 2 heterocycles. The minimum atomic E-state index is -0.482. The van der Waals surface area contributed by atoms with E-state index < -0.39 is 5.95 Å². The summed E-state index contributed by atoms with van der Waals surface area (Å²) in [4.78, 5) is 15.4. The van der Waals surface area contributed by atoms with E-state index in [4.69, 9.17) is 0 Å². The third-order valence-corrected chi connectivity index (χ3v) is 2.41. The number of nitrogens with one attached hydrogen (secondary N) is 1. The Balaban J connectivity index is 2.00. The molecule has 1 amide bonds. The molecule has 0 saturated carbocycles. The summed E-state index contributed by atoms with van der Waals surface area (Å²) in [6, 6.07) is 3.11. The van der Waals surface area contributed by atoms with Gasteiger partial charge in [0, 0.05) is 24.5 Å². The topological polar surface area (TPSA) is 72.2 Å². The molecule has 2 aromatic rings. The number of hydrogen-bond acceptors (Lipinski definition) is 4. The summed E-state index contributed by atoms with van der Waals surface area (Å²) >= 11 is 0. The normalized spacial score (nSPS) is 10.8. The van der Waals surface area contributed by atoms with Crippen LogP contribution in [0.2, 0.25) is 0 Å². The third kappa shape index (κ3) is 3.01. The van der Waals surface area contributed by atoms with E-state index in [1.54, 1.807) is 19.1 Å². The number of rotatable bonds is 4. The summed E-state index contributed by atoms with van der Waals surface area (Å²) in [6.07, 6.45) is 5.57. The van der Waals surface area contributed by atoms with Crippen LogP contribution in [0.5, 0.6) is 0 Å². The van der Waals surface area contributed by atoms with Gasteiger partial charge in [-0.25, -0.2) is 10.1 Å². The molecular formula is C12H12FN5O. The van der Waals surface area contributed by atoms with Crippen molar-refractivity contribution in [3.8, 4) is 0 Å². The monoisotopic (exact) mass is 261 g/mol. The number of halogens is 1. The van der Waals surface area contributed by atoms with Crippen LogP contribution in [0.25, 0.3) is 0 Å². The first kappa shape index (κ1) is 12.9. The lowest BCUT2D eigenvalue weighted by Gasteiger charge is -1.98. The Kier molecular flexibility index (Phi) is 3.97. The molecule has 0 aliphatic carbocycles. The van der Waals surface area contributed by atoms with E-state index in [2.05, 4.69) is 20.6 Å². The minimum absolute atomic E-state index is 0.219. The van der Waals surface area contributed by atoms with E-state index in [0.717, 1.165) is 0 Å². The zero-order valence-corrected chi connectivity index (χ0v) is 10.2. The molecule has 7 heteroatoms. The highest BCUT2D eigenvalue weighted by molar-refractivity contribution is 5.94. The predicted octanol–water partition coefficient (Wildman–Crippen LogP) is 1.20. The van der Waals surface area contributed by atoms with Crippen molar-refractivity contribution in [2.75, 3.05) is 0 Å². The molecular weight excluding hydrogens is 249 g/mol. The number of amides is 1. The third-order valence-electron chi connectivity index (χ3n) is 2.41. The van der Waals surface area contributed by atoms with Gasteiger partial charge in [0.2, 0.25) is 5.95 Å². The highest BCUT2D eigenvalue weighted by atomic mass is 19.1. The summed E-state index contributed by atoms with van der Waals surface area (Å²) in [6.45, 7) is 2.21. The van der Waals surface area contributed by atoms with Crippen LogP contribution in [0.1, 0.15) is 22.8 Å². The predicted molar refractivity (Wildman–Crippen MR) is 67.2 cm³/mol. The number of hydrogen-bond donors (Lipinski definition) is 1. The molecule has 2 aromatic heterocycles. The van der Waals surface area contributed by atoms with Crippen molar-refractivity contribution in [3.05, 3.63) is 47.8 Å². The lowest BCUT2D eigenvalue weighted by molar-refractivity contribution is 0.0955. The van der Waals surface area contributed by atoms with Crippen LogP contribution in [-0.2, 0) is 6.54 Å².